The number of hydrogen-bond donors (Lipinski definition) is 2. The molecule has 6 heteroatoms. The number of likely N-dealkylation sites (tertiary alicyclic amines) is 1. The molecule has 0 spiro atoms. The van der Waals surface area contributed by atoms with Gasteiger partial charge in [-0.1, -0.05) is 12.8 Å². The van der Waals surface area contributed by atoms with E-state index in [1.807, 2.05) is 18.2 Å². The quantitative estimate of drug-likeness (QED) is 0.363. The molecular formula is C22H38N4O2. The maximum Gasteiger partial charge on any atom is 0.191 e. The molecule has 28 heavy (non-hydrogen) atoms. The van der Waals surface area contributed by atoms with E-state index in [0.717, 1.165) is 36.0 Å². The second-order valence-electron chi connectivity index (χ2n) is 7.44. The molecule has 2 rings (SSSR count). The summed E-state index contributed by atoms with van der Waals surface area (Å²) in [6.07, 6.45) is 7.85. The molecule has 0 aliphatic carbocycles. The van der Waals surface area contributed by atoms with E-state index in [4.69, 9.17) is 9.47 Å². The molecule has 0 bridgehead atoms. The average molecular weight is 391 g/mol. The van der Waals surface area contributed by atoms with Crippen LogP contribution >= 0.6 is 0 Å². The maximum absolute atomic E-state index is 5.50. The van der Waals surface area contributed by atoms with Crippen molar-refractivity contribution in [3.63, 3.8) is 0 Å². The Bertz CT molecular complexity index is 600. The first-order valence-electron chi connectivity index (χ1n) is 10.6. The first kappa shape index (κ1) is 22.3. The minimum Gasteiger partial charge on any atom is -0.497 e. The number of ether oxygens (including phenoxy) is 2. The van der Waals surface area contributed by atoms with Gasteiger partial charge >= 0.3 is 0 Å². The highest BCUT2D eigenvalue weighted by molar-refractivity contribution is 5.80. The molecule has 2 N–H and O–H groups in total. The van der Waals surface area contributed by atoms with Crippen LogP contribution < -0.4 is 20.1 Å². The fraction of sp³-hybridized carbons (Fsp3) is 0.682. The number of nitrogens with one attached hydrogen (secondary N) is 2. The predicted molar refractivity (Wildman–Crippen MR) is 117 cm³/mol. The van der Waals surface area contributed by atoms with Gasteiger partial charge in [-0.2, -0.15) is 0 Å². The number of hydrogen-bond acceptors (Lipinski definition) is 4. The Hall–Kier alpha value is -1.95. The van der Waals surface area contributed by atoms with E-state index in [0.29, 0.717) is 0 Å². The first-order chi connectivity index (χ1) is 13.7. The third kappa shape index (κ3) is 7.23. The number of rotatable bonds is 10. The Morgan fingerprint density at radius 1 is 1.11 bits per heavy atom. The lowest BCUT2D eigenvalue weighted by Gasteiger charge is -2.26. The number of methoxy groups -OCH3 is 2. The zero-order valence-electron chi connectivity index (χ0n) is 18.1. The van der Waals surface area contributed by atoms with Gasteiger partial charge in [0.15, 0.2) is 5.96 Å². The van der Waals surface area contributed by atoms with Crippen LogP contribution in [0.15, 0.2) is 23.2 Å². The van der Waals surface area contributed by atoms with E-state index in [1.54, 1.807) is 21.3 Å². The highest BCUT2D eigenvalue weighted by Crippen LogP contribution is 2.29. The fourth-order valence-corrected chi connectivity index (χ4v) is 3.68. The van der Waals surface area contributed by atoms with Crippen molar-refractivity contribution >= 4 is 5.96 Å². The van der Waals surface area contributed by atoms with Gasteiger partial charge in [-0.3, -0.25) is 4.99 Å². The van der Waals surface area contributed by atoms with Crippen molar-refractivity contribution in [2.24, 2.45) is 4.99 Å². The summed E-state index contributed by atoms with van der Waals surface area (Å²) in [5.41, 5.74) is 1.05. The molecule has 1 fully saturated rings. The molecule has 1 aliphatic rings. The van der Waals surface area contributed by atoms with Gasteiger partial charge in [-0.05, 0) is 70.4 Å². The van der Waals surface area contributed by atoms with E-state index < -0.39 is 0 Å². The summed E-state index contributed by atoms with van der Waals surface area (Å²) >= 11 is 0. The molecule has 1 unspecified atom stereocenters. The summed E-state index contributed by atoms with van der Waals surface area (Å²) < 4.78 is 10.8. The molecule has 1 atom stereocenters. The third-order valence-corrected chi connectivity index (χ3v) is 5.37. The van der Waals surface area contributed by atoms with Crippen LogP contribution in [0.4, 0.5) is 0 Å². The minimum absolute atomic E-state index is 0.0513. The Balaban J connectivity index is 1.71. The van der Waals surface area contributed by atoms with Crippen LogP contribution in [0.2, 0.25) is 0 Å². The molecule has 0 saturated carbocycles. The van der Waals surface area contributed by atoms with Crippen LogP contribution in [-0.4, -0.2) is 58.3 Å². The van der Waals surface area contributed by atoms with Gasteiger partial charge in [-0.15, -0.1) is 0 Å². The van der Waals surface area contributed by atoms with Gasteiger partial charge in [0.25, 0.3) is 0 Å². The van der Waals surface area contributed by atoms with Crippen LogP contribution in [0.25, 0.3) is 0 Å². The lowest BCUT2D eigenvalue weighted by Crippen LogP contribution is -2.39. The second kappa shape index (κ2) is 12.5. The largest absolute Gasteiger partial charge is 0.497 e. The summed E-state index contributed by atoms with van der Waals surface area (Å²) in [5.74, 6) is 2.48. The zero-order chi connectivity index (χ0) is 20.2. The van der Waals surface area contributed by atoms with Gasteiger partial charge in [0.1, 0.15) is 11.5 Å². The van der Waals surface area contributed by atoms with Crippen molar-refractivity contribution in [2.45, 2.75) is 51.5 Å². The molecule has 1 aromatic rings. The summed E-state index contributed by atoms with van der Waals surface area (Å²) in [6.45, 7) is 6.87. The number of nitrogens with zero attached hydrogens (tertiary/aromatic N) is 2. The topological polar surface area (TPSA) is 58.1 Å². The fourth-order valence-electron chi connectivity index (χ4n) is 3.68. The smallest absolute Gasteiger partial charge is 0.191 e. The van der Waals surface area contributed by atoms with Gasteiger partial charge < -0.3 is 25.0 Å². The van der Waals surface area contributed by atoms with Gasteiger partial charge in [0.2, 0.25) is 0 Å². The van der Waals surface area contributed by atoms with Crippen molar-refractivity contribution in [3.8, 4) is 11.5 Å². The highest BCUT2D eigenvalue weighted by Gasteiger charge is 2.14. The summed E-state index contributed by atoms with van der Waals surface area (Å²) in [5, 5.41) is 6.87. The predicted octanol–water partition coefficient (Wildman–Crippen LogP) is 3.59. The van der Waals surface area contributed by atoms with Crippen LogP contribution in [-0.2, 0) is 0 Å². The summed E-state index contributed by atoms with van der Waals surface area (Å²) in [4.78, 5) is 6.97. The summed E-state index contributed by atoms with van der Waals surface area (Å²) in [7, 11) is 5.17. The minimum atomic E-state index is 0.0513. The van der Waals surface area contributed by atoms with Gasteiger partial charge in [0, 0.05) is 19.2 Å². The Kier molecular flexibility index (Phi) is 9.97. The van der Waals surface area contributed by atoms with Crippen molar-refractivity contribution in [3.05, 3.63) is 23.8 Å². The van der Waals surface area contributed by atoms with E-state index in [-0.39, 0.29) is 6.04 Å². The third-order valence-electron chi connectivity index (χ3n) is 5.37. The van der Waals surface area contributed by atoms with Crippen molar-refractivity contribution < 1.29 is 9.47 Å². The second-order valence-corrected chi connectivity index (χ2v) is 7.44. The molecule has 0 radical (unpaired) electrons. The maximum atomic E-state index is 5.50. The molecule has 1 aromatic carbocycles. The number of aliphatic imine (C=N–C) groups is 1. The van der Waals surface area contributed by atoms with E-state index >= 15 is 0 Å². The van der Waals surface area contributed by atoms with Crippen LogP contribution in [0.3, 0.4) is 0 Å². The lowest BCUT2D eigenvalue weighted by atomic mass is 10.1. The van der Waals surface area contributed by atoms with E-state index in [2.05, 4.69) is 27.4 Å². The van der Waals surface area contributed by atoms with Crippen molar-refractivity contribution in [1.29, 1.82) is 0 Å². The van der Waals surface area contributed by atoms with Crippen LogP contribution in [0.1, 0.15) is 57.1 Å². The molecule has 6 nitrogen and oxygen atoms in total. The molecule has 1 saturated heterocycles. The van der Waals surface area contributed by atoms with Crippen LogP contribution in [0.5, 0.6) is 11.5 Å². The van der Waals surface area contributed by atoms with E-state index in [9.17, 15) is 0 Å². The number of unbranched alkanes of at least 4 members (excludes halogenated alkanes) is 2. The normalized spacial score (nSPS) is 16.5. The Morgan fingerprint density at radius 2 is 1.89 bits per heavy atom. The molecular weight excluding hydrogens is 352 g/mol. The molecule has 1 aliphatic heterocycles. The van der Waals surface area contributed by atoms with E-state index in [1.165, 1.54) is 51.7 Å². The summed E-state index contributed by atoms with van der Waals surface area (Å²) in [6, 6.07) is 5.90. The Morgan fingerprint density at radius 3 is 2.57 bits per heavy atom. The van der Waals surface area contributed by atoms with Gasteiger partial charge in [0.05, 0.1) is 20.3 Å². The SMILES string of the molecule is CN=C(NCCCCCN1CCCCC1)NC(C)c1cc(OC)ccc1OC. The molecule has 0 aromatic heterocycles. The standard InChI is InChI=1S/C22H38N4O2/c1-18(20-17-19(27-3)11-12-21(20)28-4)25-22(23-2)24-13-7-5-8-14-26-15-9-6-10-16-26/h11-12,17-18H,5-10,13-16H2,1-4H3,(H2,23,24,25). The molecule has 1 heterocycles. The van der Waals surface area contributed by atoms with Crippen molar-refractivity contribution in [2.75, 3.05) is 47.4 Å². The average Bonchev–Trinajstić information content (AvgIpc) is 2.75. The zero-order valence-corrected chi connectivity index (χ0v) is 18.1. The molecule has 0 amide bonds. The van der Waals surface area contributed by atoms with Crippen LogP contribution in [0, 0.1) is 0 Å². The van der Waals surface area contributed by atoms with Crippen molar-refractivity contribution in [1.82, 2.24) is 15.5 Å². The Labute approximate surface area is 170 Å². The number of benzene rings is 1. The van der Waals surface area contributed by atoms with Gasteiger partial charge in [-0.25, -0.2) is 0 Å². The first-order valence-corrected chi connectivity index (χ1v) is 10.6. The molecule has 158 valence electrons. The number of piperidine rings is 1. The lowest BCUT2D eigenvalue weighted by molar-refractivity contribution is 0.224. The number of guanidine groups is 1. The monoisotopic (exact) mass is 390 g/mol. The highest BCUT2D eigenvalue weighted by atomic mass is 16.5.